The number of benzene rings is 1. The third-order valence-electron chi connectivity index (χ3n) is 4.79. The molecule has 208 valence electrons. The number of carbonyl (C=O) groups is 2. The Hall–Kier alpha value is -6.52. The second-order valence-electron chi connectivity index (χ2n) is 8.28. The van der Waals surface area contributed by atoms with Crippen LogP contribution in [0.25, 0.3) is 6.08 Å². The van der Waals surface area contributed by atoms with Crippen LogP contribution in [0.15, 0.2) is 42.5 Å². The summed E-state index contributed by atoms with van der Waals surface area (Å²) in [5.41, 5.74) is 0.328. The maximum absolute atomic E-state index is 11.9. The summed E-state index contributed by atoms with van der Waals surface area (Å²) in [5.74, 6) is 42.7. The number of hydrogen-bond acceptors (Lipinski definition) is 5. The highest BCUT2D eigenvalue weighted by molar-refractivity contribution is 5.82. The highest BCUT2D eigenvalue weighted by Gasteiger charge is 2.26. The van der Waals surface area contributed by atoms with E-state index in [1.54, 1.807) is 51.1 Å². The summed E-state index contributed by atoms with van der Waals surface area (Å²) in [6, 6.07) is 7.13. The van der Waals surface area contributed by atoms with E-state index >= 15 is 0 Å². The molecule has 1 aromatic rings. The Labute approximate surface area is 254 Å². The molecule has 0 N–H and O–H groups in total. The molecule has 0 unspecified atom stereocenters. The van der Waals surface area contributed by atoms with Crippen LogP contribution < -0.4 is 4.74 Å². The van der Waals surface area contributed by atoms with Crippen molar-refractivity contribution in [3.63, 3.8) is 0 Å². The Morgan fingerprint density at radius 2 is 1.19 bits per heavy atom. The van der Waals surface area contributed by atoms with Gasteiger partial charge in [0.15, 0.2) is 0 Å². The first-order valence-corrected chi connectivity index (χ1v) is 12.8. The van der Waals surface area contributed by atoms with Gasteiger partial charge in [-0.25, -0.2) is 4.79 Å². The Balaban J connectivity index is 2.39. The fourth-order valence-corrected chi connectivity index (χ4v) is 2.22. The smallest absolute Gasteiger partial charge is 0.330 e. The van der Waals surface area contributed by atoms with Gasteiger partial charge >= 0.3 is 11.9 Å². The Morgan fingerprint density at radius 3 is 1.70 bits per heavy atom. The summed E-state index contributed by atoms with van der Waals surface area (Å²) in [4.78, 5) is 23.6. The quantitative estimate of drug-likeness (QED) is 0.149. The number of carbonyl (C=O) groups excluding carboxylic acids is 2. The molecule has 0 saturated carbocycles. The van der Waals surface area contributed by atoms with E-state index < -0.39 is 11.4 Å². The SMILES string of the molecule is CC#CC#CC#CC#CC#CC#CC#CC#CC#COc1ccc(/C=C/C=C/C(=O)OCCOC(=O)C(C)(C)CC)cc1. The van der Waals surface area contributed by atoms with Crippen LogP contribution in [0.1, 0.15) is 39.7 Å². The van der Waals surface area contributed by atoms with Crippen molar-refractivity contribution in [2.24, 2.45) is 5.41 Å². The van der Waals surface area contributed by atoms with Gasteiger partial charge < -0.3 is 14.2 Å². The number of esters is 2. The lowest BCUT2D eigenvalue weighted by Crippen LogP contribution is -2.27. The summed E-state index contributed by atoms with van der Waals surface area (Å²) in [6.45, 7) is 7.22. The van der Waals surface area contributed by atoms with Crippen LogP contribution in [-0.2, 0) is 19.1 Å². The predicted octanol–water partition coefficient (Wildman–Crippen LogP) is 4.17. The molecule has 0 aliphatic heterocycles. The van der Waals surface area contributed by atoms with Gasteiger partial charge in [0.1, 0.15) is 25.1 Å². The van der Waals surface area contributed by atoms with E-state index in [-0.39, 0.29) is 19.2 Å². The molecule has 5 heteroatoms. The molecule has 0 amide bonds. The normalized spacial score (nSPS) is 8.47. The second kappa shape index (κ2) is 22.3. The summed E-state index contributed by atoms with van der Waals surface area (Å²) in [7, 11) is 0. The Kier molecular flexibility index (Phi) is 17.9. The molecule has 0 heterocycles. The first-order valence-electron chi connectivity index (χ1n) is 12.8. The molecule has 0 aromatic heterocycles. The molecule has 5 nitrogen and oxygen atoms in total. The van der Waals surface area contributed by atoms with Gasteiger partial charge in [0, 0.05) is 53.4 Å². The molecule has 0 fully saturated rings. The third-order valence-corrected chi connectivity index (χ3v) is 4.79. The van der Waals surface area contributed by atoms with Crippen LogP contribution in [0.4, 0.5) is 0 Å². The van der Waals surface area contributed by atoms with Crippen LogP contribution in [-0.4, -0.2) is 25.2 Å². The van der Waals surface area contributed by atoms with Gasteiger partial charge in [-0.3, -0.25) is 4.79 Å². The van der Waals surface area contributed by atoms with Crippen LogP contribution in [0, 0.1) is 112 Å². The van der Waals surface area contributed by atoms with E-state index in [1.807, 2.05) is 19.1 Å². The molecular weight excluding hydrogens is 536 g/mol. The van der Waals surface area contributed by atoms with Crippen molar-refractivity contribution in [1.29, 1.82) is 0 Å². The van der Waals surface area contributed by atoms with Gasteiger partial charge in [-0.1, -0.05) is 43.2 Å². The van der Waals surface area contributed by atoms with Gasteiger partial charge in [0.05, 0.1) is 5.41 Å². The minimum absolute atomic E-state index is 0.00614. The average molecular weight is 563 g/mol. The van der Waals surface area contributed by atoms with Crippen molar-refractivity contribution in [2.75, 3.05) is 13.2 Å². The van der Waals surface area contributed by atoms with Crippen molar-refractivity contribution in [2.45, 2.75) is 34.1 Å². The van der Waals surface area contributed by atoms with E-state index in [4.69, 9.17) is 14.2 Å². The summed E-state index contributed by atoms with van der Waals surface area (Å²) in [6.07, 6.45) is 9.47. The van der Waals surface area contributed by atoms with Gasteiger partial charge in [-0.2, -0.15) is 0 Å². The lowest BCUT2D eigenvalue weighted by Gasteiger charge is -2.20. The standard InChI is InChI=1S/C38H26O5/c1-5-7-8-9-10-11-12-13-14-15-16-17-18-19-20-21-24-31-41-35-29-27-34(28-30-35)25-22-23-26-36(39)42-32-33-43-37(40)38(3,4)6-2/h22-23,25-30H,6,32-33H2,1-4H3/b25-22+,26-23+. The predicted molar refractivity (Wildman–Crippen MR) is 167 cm³/mol. The van der Waals surface area contributed by atoms with E-state index in [9.17, 15) is 9.59 Å². The number of allylic oxidation sites excluding steroid dienone is 2. The minimum atomic E-state index is -0.555. The molecule has 0 atom stereocenters. The highest BCUT2D eigenvalue weighted by atomic mass is 16.6. The van der Waals surface area contributed by atoms with Gasteiger partial charge in [-0.15, -0.1) is 0 Å². The Morgan fingerprint density at radius 1 is 0.698 bits per heavy atom. The number of hydrogen-bond donors (Lipinski definition) is 0. The zero-order valence-corrected chi connectivity index (χ0v) is 24.3. The van der Waals surface area contributed by atoms with Crippen molar-refractivity contribution in [1.82, 2.24) is 0 Å². The monoisotopic (exact) mass is 562 g/mol. The largest absolute Gasteiger partial charge is 0.462 e. The molecule has 0 spiro atoms. The van der Waals surface area contributed by atoms with Gasteiger partial charge in [-0.05, 0) is 92.3 Å². The molecule has 0 aliphatic carbocycles. The van der Waals surface area contributed by atoms with E-state index in [0.717, 1.165) is 5.56 Å². The average Bonchev–Trinajstić information content (AvgIpc) is 3.01. The zero-order valence-electron chi connectivity index (χ0n) is 24.3. The molecular formula is C38H26O5. The number of ether oxygens (including phenoxy) is 3. The minimum Gasteiger partial charge on any atom is -0.462 e. The molecule has 0 aliphatic rings. The fourth-order valence-electron chi connectivity index (χ4n) is 2.22. The topological polar surface area (TPSA) is 61.8 Å². The maximum atomic E-state index is 11.9. The molecule has 1 aromatic carbocycles. The summed E-state index contributed by atoms with van der Waals surface area (Å²) in [5, 5.41) is 0. The number of rotatable bonds is 9. The van der Waals surface area contributed by atoms with Gasteiger partial charge in [0.2, 0.25) is 0 Å². The summed E-state index contributed by atoms with van der Waals surface area (Å²) >= 11 is 0. The van der Waals surface area contributed by atoms with Crippen molar-refractivity contribution < 1.29 is 23.8 Å². The van der Waals surface area contributed by atoms with Crippen molar-refractivity contribution in [3.8, 4) is 113 Å². The maximum Gasteiger partial charge on any atom is 0.330 e. The first kappa shape index (κ1) is 34.5. The summed E-state index contributed by atoms with van der Waals surface area (Å²) < 4.78 is 15.4. The van der Waals surface area contributed by atoms with Crippen LogP contribution >= 0.6 is 0 Å². The third kappa shape index (κ3) is 18.4. The van der Waals surface area contributed by atoms with Crippen LogP contribution in [0.2, 0.25) is 0 Å². The van der Waals surface area contributed by atoms with E-state index in [2.05, 4.69) is 107 Å². The molecule has 43 heavy (non-hydrogen) atoms. The molecule has 0 saturated heterocycles. The highest BCUT2D eigenvalue weighted by Crippen LogP contribution is 2.21. The van der Waals surface area contributed by atoms with Crippen LogP contribution in [0.5, 0.6) is 5.75 Å². The molecule has 1 rings (SSSR count). The van der Waals surface area contributed by atoms with Crippen molar-refractivity contribution >= 4 is 18.0 Å². The lowest BCUT2D eigenvalue weighted by atomic mass is 9.91. The van der Waals surface area contributed by atoms with Gasteiger partial charge in [0.25, 0.3) is 0 Å². The van der Waals surface area contributed by atoms with Crippen LogP contribution in [0.3, 0.4) is 0 Å². The first-order chi connectivity index (χ1) is 20.9. The molecule has 0 bridgehead atoms. The fraction of sp³-hybridized carbons (Fsp3) is 0.211. The van der Waals surface area contributed by atoms with E-state index in [1.165, 1.54) is 6.08 Å². The second-order valence-corrected chi connectivity index (χ2v) is 8.28. The van der Waals surface area contributed by atoms with E-state index in [0.29, 0.717) is 12.2 Å². The van der Waals surface area contributed by atoms with Crippen molar-refractivity contribution in [3.05, 3.63) is 48.1 Å². The molecule has 0 radical (unpaired) electrons. The lowest BCUT2D eigenvalue weighted by molar-refractivity contribution is -0.157. The zero-order chi connectivity index (χ0) is 31.4. The Bertz CT molecular complexity index is 1780.